The molecule has 1 aromatic carbocycles. The first kappa shape index (κ1) is 12.4. The van der Waals surface area contributed by atoms with Crippen molar-refractivity contribution in [3.8, 4) is 0 Å². The number of hydrogen-bond acceptors (Lipinski definition) is 3. The largest absolute Gasteiger partial charge is 0.481 e. The zero-order chi connectivity index (χ0) is 13.1. The maximum atomic E-state index is 11.9. The van der Waals surface area contributed by atoms with Gasteiger partial charge in [-0.25, -0.2) is 0 Å². The average molecular weight is 248 g/mol. The van der Waals surface area contributed by atoms with E-state index in [1.165, 1.54) is 0 Å². The molecule has 0 aromatic heterocycles. The van der Waals surface area contributed by atoms with Gasteiger partial charge in [-0.1, -0.05) is 0 Å². The molecule has 1 aromatic rings. The predicted molar refractivity (Wildman–Crippen MR) is 68.9 cm³/mol. The van der Waals surface area contributed by atoms with E-state index in [9.17, 15) is 9.59 Å². The molecule has 0 unspecified atom stereocenters. The summed E-state index contributed by atoms with van der Waals surface area (Å²) in [6, 6.07) is 5.79. The Morgan fingerprint density at radius 2 is 2.28 bits per heavy atom. The van der Waals surface area contributed by atoms with Gasteiger partial charge in [-0.05, 0) is 30.2 Å². The summed E-state index contributed by atoms with van der Waals surface area (Å²) in [7, 11) is 1.84. The van der Waals surface area contributed by atoms with Crippen molar-refractivity contribution in [2.24, 2.45) is 0 Å². The number of benzene rings is 1. The lowest BCUT2D eigenvalue weighted by atomic mass is 10.1. The maximum absolute atomic E-state index is 11.9. The van der Waals surface area contributed by atoms with Gasteiger partial charge in [0.25, 0.3) is 0 Å². The standard InChI is InChI=1S/C13H16N2O3/c1-14-10-4-5-11-9(7-10)8-12(16)15(11)6-2-3-13(17)18/h4-5,7,14H,2-3,6,8H2,1H3,(H,17,18). The van der Waals surface area contributed by atoms with E-state index in [0.717, 1.165) is 16.9 Å². The van der Waals surface area contributed by atoms with Gasteiger partial charge in [0, 0.05) is 31.4 Å². The van der Waals surface area contributed by atoms with Crippen LogP contribution in [-0.2, 0) is 16.0 Å². The highest BCUT2D eigenvalue weighted by Gasteiger charge is 2.26. The molecule has 0 bridgehead atoms. The first-order valence-corrected chi connectivity index (χ1v) is 5.94. The highest BCUT2D eigenvalue weighted by molar-refractivity contribution is 6.01. The molecule has 5 nitrogen and oxygen atoms in total. The molecule has 1 aliphatic heterocycles. The molecule has 1 amide bonds. The Morgan fingerprint density at radius 1 is 1.50 bits per heavy atom. The summed E-state index contributed by atoms with van der Waals surface area (Å²) in [6.07, 6.45) is 0.972. The van der Waals surface area contributed by atoms with Crippen LogP contribution >= 0.6 is 0 Å². The summed E-state index contributed by atoms with van der Waals surface area (Å²) in [5.74, 6) is -0.781. The van der Waals surface area contributed by atoms with Gasteiger partial charge in [0.15, 0.2) is 0 Å². The number of rotatable bonds is 5. The fourth-order valence-corrected chi connectivity index (χ4v) is 2.17. The van der Waals surface area contributed by atoms with E-state index in [4.69, 9.17) is 5.11 Å². The van der Waals surface area contributed by atoms with E-state index >= 15 is 0 Å². The number of fused-ring (bicyclic) bond motifs is 1. The number of aliphatic carboxylic acids is 1. The molecule has 0 aliphatic carbocycles. The van der Waals surface area contributed by atoms with Gasteiger partial charge in [0.1, 0.15) is 0 Å². The van der Waals surface area contributed by atoms with Gasteiger partial charge in [-0.3, -0.25) is 9.59 Å². The van der Waals surface area contributed by atoms with Gasteiger partial charge in [-0.2, -0.15) is 0 Å². The minimum atomic E-state index is -0.826. The number of carboxylic acids is 1. The van der Waals surface area contributed by atoms with Gasteiger partial charge in [-0.15, -0.1) is 0 Å². The third-order valence-corrected chi connectivity index (χ3v) is 3.07. The van der Waals surface area contributed by atoms with Crippen molar-refractivity contribution in [3.05, 3.63) is 23.8 Å². The minimum Gasteiger partial charge on any atom is -0.481 e. The SMILES string of the molecule is CNc1ccc2c(c1)CC(=O)N2CCCC(=O)O. The second-order valence-electron chi connectivity index (χ2n) is 4.31. The van der Waals surface area contributed by atoms with Crippen LogP contribution in [0.3, 0.4) is 0 Å². The molecule has 18 heavy (non-hydrogen) atoms. The molecule has 0 spiro atoms. The van der Waals surface area contributed by atoms with E-state index in [2.05, 4.69) is 5.32 Å². The quantitative estimate of drug-likeness (QED) is 0.828. The lowest BCUT2D eigenvalue weighted by Gasteiger charge is -2.17. The van der Waals surface area contributed by atoms with Crippen LogP contribution in [0.2, 0.25) is 0 Å². The van der Waals surface area contributed by atoms with Crippen LogP contribution in [0.15, 0.2) is 18.2 Å². The minimum absolute atomic E-state index is 0.0450. The lowest BCUT2D eigenvalue weighted by molar-refractivity contribution is -0.137. The van der Waals surface area contributed by atoms with Crippen LogP contribution in [0.5, 0.6) is 0 Å². The Kier molecular flexibility index (Phi) is 3.50. The van der Waals surface area contributed by atoms with Crippen LogP contribution in [0, 0.1) is 0 Å². The van der Waals surface area contributed by atoms with E-state index in [-0.39, 0.29) is 12.3 Å². The monoisotopic (exact) mass is 248 g/mol. The Labute approximate surface area is 105 Å². The number of amides is 1. The second kappa shape index (κ2) is 5.08. The van der Waals surface area contributed by atoms with Gasteiger partial charge >= 0.3 is 5.97 Å². The van der Waals surface area contributed by atoms with Crippen molar-refractivity contribution in [1.29, 1.82) is 0 Å². The average Bonchev–Trinajstić information content (AvgIpc) is 2.64. The highest BCUT2D eigenvalue weighted by atomic mass is 16.4. The summed E-state index contributed by atoms with van der Waals surface area (Å²) >= 11 is 0. The Hall–Kier alpha value is -2.04. The predicted octanol–water partition coefficient (Wildman–Crippen LogP) is 1.48. The molecule has 1 aliphatic rings. The van der Waals surface area contributed by atoms with Crippen molar-refractivity contribution in [3.63, 3.8) is 0 Å². The molecular formula is C13H16N2O3. The maximum Gasteiger partial charge on any atom is 0.303 e. The third-order valence-electron chi connectivity index (χ3n) is 3.07. The van der Waals surface area contributed by atoms with Crippen molar-refractivity contribution < 1.29 is 14.7 Å². The summed E-state index contributed by atoms with van der Waals surface area (Å²) in [6.45, 7) is 0.469. The van der Waals surface area contributed by atoms with E-state index in [1.54, 1.807) is 4.90 Å². The lowest BCUT2D eigenvalue weighted by Crippen LogP contribution is -2.28. The fraction of sp³-hybridized carbons (Fsp3) is 0.385. The molecule has 0 saturated carbocycles. The number of carboxylic acid groups (broad SMARTS) is 1. The van der Waals surface area contributed by atoms with Crippen LogP contribution < -0.4 is 10.2 Å². The molecule has 0 atom stereocenters. The van der Waals surface area contributed by atoms with Gasteiger partial charge < -0.3 is 15.3 Å². The zero-order valence-corrected chi connectivity index (χ0v) is 10.3. The fourth-order valence-electron chi connectivity index (χ4n) is 2.17. The summed E-state index contributed by atoms with van der Waals surface area (Å²) in [5, 5.41) is 11.6. The molecule has 2 N–H and O–H groups in total. The molecule has 96 valence electrons. The van der Waals surface area contributed by atoms with Crippen molar-refractivity contribution in [1.82, 2.24) is 0 Å². The van der Waals surface area contributed by atoms with Crippen LogP contribution in [0.25, 0.3) is 0 Å². The Balaban J connectivity index is 2.10. The van der Waals surface area contributed by atoms with Crippen LogP contribution in [-0.4, -0.2) is 30.6 Å². The molecule has 1 heterocycles. The first-order valence-electron chi connectivity index (χ1n) is 5.94. The van der Waals surface area contributed by atoms with Crippen LogP contribution in [0.1, 0.15) is 18.4 Å². The van der Waals surface area contributed by atoms with E-state index in [0.29, 0.717) is 19.4 Å². The summed E-state index contributed by atoms with van der Waals surface area (Å²) in [5.41, 5.74) is 2.89. The smallest absolute Gasteiger partial charge is 0.303 e. The first-order chi connectivity index (χ1) is 8.61. The topological polar surface area (TPSA) is 69.6 Å². The molecule has 0 saturated heterocycles. The van der Waals surface area contributed by atoms with Crippen molar-refractivity contribution in [2.75, 3.05) is 23.8 Å². The Bertz CT molecular complexity index is 485. The molecule has 0 fully saturated rings. The number of hydrogen-bond donors (Lipinski definition) is 2. The third kappa shape index (κ3) is 2.45. The molecule has 5 heteroatoms. The highest BCUT2D eigenvalue weighted by Crippen LogP contribution is 2.31. The zero-order valence-electron chi connectivity index (χ0n) is 10.3. The Morgan fingerprint density at radius 3 is 2.94 bits per heavy atom. The number of anilines is 2. The van der Waals surface area contributed by atoms with Gasteiger partial charge in [0.05, 0.1) is 6.42 Å². The van der Waals surface area contributed by atoms with Gasteiger partial charge in [0.2, 0.25) is 5.91 Å². The number of carbonyl (C=O) groups is 2. The number of nitrogens with zero attached hydrogens (tertiary/aromatic N) is 1. The summed E-state index contributed by atoms with van der Waals surface area (Å²) < 4.78 is 0. The molecule has 2 rings (SSSR count). The molecule has 0 radical (unpaired) electrons. The van der Waals surface area contributed by atoms with E-state index in [1.807, 2.05) is 25.2 Å². The molecular weight excluding hydrogens is 232 g/mol. The summed E-state index contributed by atoms with van der Waals surface area (Å²) in [4.78, 5) is 24.0. The number of carbonyl (C=O) groups excluding carboxylic acids is 1. The van der Waals surface area contributed by atoms with Crippen molar-refractivity contribution in [2.45, 2.75) is 19.3 Å². The van der Waals surface area contributed by atoms with E-state index < -0.39 is 5.97 Å². The van der Waals surface area contributed by atoms with Crippen molar-refractivity contribution >= 4 is 23.3 Å². The number of nitrogens with one attached hydrogen (secondary N) is 1. The normalized spacial score (nSPS) is 13.6. The second-order valence-corrected chi connectivity index (χ2v) is 4.31. The van der Waals surface area contributed by atoms with Crippen LogP contribution in [0.4, 0.5) is 11.4 Å².